The van der Waals surface area contributed by atoms with E-state index in [1.165, 1.54) is 6.07 Å². The molecule has 2 nitrogen and oxygen atoms in total. The highest BCUT2D eigenvalue weighted by molar-refractivity contribution is 5.24. The third-order valence-electron chi connectivity index (χ3n) is 2.56. The molecule has 0 spiro atoms. The Hall–Kier alpha value is -1.00. The van der Waals surface area contributed by atoms with Crippen molar-refractivity contribution in [2.45, 2.75) is 19.9 Å². The lowest BCUT2D eigenvalue weighted by Gasteiger charge is -2.30. The zero-order valence-corrected chi connectivity index (χ0v) is 8.80. The second-order valence-electron chi connectivity index (χ2n) is 4.26. The van der Waals surface area contributed by atoms with Gasteiger partial charge >= 0.3 is 0 Å². The average molecular weight is 215 g/mol. The van der Waals surface area contributed by atoms with Crippen LogP contribution in [0.1, 0.15) is 25.5 Å². The molecule has 0 radical (unpaired) electrons. The van der Waals surface area contributed by atoms with Gasteiger partial charge in [0.1, 0.15) is 11.6 Å². The fourth-order valence-corrected chi connectivity index (χ4v) is 1.30. The van der Waals surface area contributed by atoms with Crippen LogP contribution in [0.2, 0.25) is 0 Å². The van der Waals surface area contributed by atoms with Crippen molar-refractivity contribution in [3.63, 3.8) is 0 Å². The Morgan fingerprint density at radius 2 is 1.80 bits per heavy atom. The minimum Gasteiger partial charge on any atom is -0.396 e. The number of benzene rings is 1. The molecule has 15 heavy (non-hydrogen) atoms. The van der Waals surface area contributed by atoms with Gasteiger partial charge in [0.05, 0.1) is 0 Å². The van der Waals surface area contributed by atoms with E-state index in [2.05, 4.69) is 0 Å². The monoisotopic (exact) mass is 215 g/mol. The number of nitrogens with two attached hydrogens (primary N) is 1. The summed E-state index contributed by atoms with van der Waals surface area (Å²) in [5.41, 5.74) is 4.81. The van der Waals surface area contributed by atoms with Crippen LogP contribution in [0.15, 0.2) is 18.2 Å². The van der Waals surface area contributed by atoms with E-state index >= 15 is 0 Å². The van der Waals surface area contributed by atoms with Gasteiger partial charge in [-0.05, 0) is 12.1 Å². The average Bonchev–Trinajstić information content (AvgIpc) is 2.17. The van der Waals surface area contributed by atoms with E-state index in [0.29, 0.717) is 0 Å². The van der Waals surface area contributed by atoms with E-state index in [1.54, 1.807) is 13.8 Å². The lowest BCUT2D eigenvalue weighted by atomic mass is 9.81. The number of hydrogen-bond acceptors (Lipinski definition) is 2. The molecular formula is C11H15F2NO. The molecule has 1 aromatic rings. The fourth-order valence-electron chi connectivity index (χ4n) is 1.30. The van der Waals surface area contributed by atoms with Crippen LogP contribution >= 0.6 is 0 Å². The van der Waals surface area contributed by atoms with Crippen LogP contribution in [0.3, 0.4) is 0 Å². The van der Waals surface area contributed by atoms with E-state index in [4.69, 9.17) is 10.8 Å². The fraction of sp³-hybridized carbons (Fsp3) is 0.455. The largest absolute Gasteiger partial charge is 0.396 e. The van der Waals surface area contributed by atoms with Crippen molar-refractivity contribution in [2.24, 2.45) is 11.1 Å². The Kier molecular flexibility index (Phi) is 3.42. The maximum absolute atomic E-state index is 13.4. The van der Waals surface area contributed by atoms with Crippen molar-refractivity contribution in [1.82, 2.24) is 0 Å². The molecule has 0 aliphatic rings. The Bertz CT molecular complexity index is 332. The molecular weight excluding hydrogens is 200 g/mol. The molecule has 0 aromatic heterocycles. The molecule has 1 rings (SSSR count). The second kappa shape index (κ2) is 4.24. The maximum atomic E-state index is 13.4. The molecule has 84 valence electrons. The Balaban J connectivity index is 3.16. The zero-order valence-electron chi connectivity index (χ0n) is 8.80. The summed E-state index contributed by atoms with van der Waals surface area (Å²) in [5, 5.41) is 9.08. The van der Waals surface area contributed by atoms with Gasteiger partial charge in [-0.2, -0.15) is 0 Å². The van der Waals surface area contributed by atoms with Gasteiger partial charge in [0.25, 0.3) is 0 Å². The summed E-state index contributed by atoms with van der Waals surface area (Å²) in [6.45, 7) is 3.08. The van der Waals surface area contributed by atoms with Gasteiger partial charge in [-0.3, -0.25) is 0 Å². The van der Waals surface area contributed by atoms with Gasteiger partial charge in [0.15, 0.2) is 0 Å². The van der Waals surface area contributed by atoms with E-state index in [1.807, 2.05) is 0 Å². The molecule has 0 aliphatic heterocycles. The molecule has 4 heteroatoms. The third-order valence-corrected chi connectivity index (χ3v) is 2.56. The Labute approximate surface area is 87.7 Å². The maximum Gasteiger partial charge on any atom is 0.130 e. The minimum atomic E-state index is -0.872. The number of aliphatic hydroxyl groups is 1. The van der Waals surface area contributed by atoms with Crippen LogP contribution in [0.25, 0.3) is 0 Å². The molecule has 0 unspecified atom stereocenters. The molecule has 0 aliphatic carbocycles. The summed E-state index contributed by atoms with van der Waals surface area (Å²) in [4.78, 5) is 0. The third kappa shape index (κ3) is 2.33. The highest BCUT2D eigenvalue weighted by Crippen LogP contribution is 2.33. The zero-order chi connectivity index (χ0) is 11.6. The van der Waals surface area contributed by atoms with Crippen LogP contribution in [0, 0.1) is 17.0 Å². The molecule has 3 N–H and O–H groups in total. The number of hydrogen-bond donors (Lipinski definition) is 2. The smallest absolute Gasteiger partial charge is 0.130 e. The first-order valence-electron chi connectivity index (χ1n) is 4.70. The normalized spacial score (nSPS) is 14.0. The summed E-state index contributed by atoms with van der Waals surface area (Å²) >= 11 is 0. The molecule has 0 fully saturated rings. The van der Waals surface area contributed by atoms with Gasteiger partial charge in [0, 0.05) is 23.6 Å². The summed E-state index contributed by atoms with van der Waals surface area (Å²) in [7, 11) is 0. The van der Waals surface area contributed by atoms with E-state index in [0.717, 1.165) is 12.1 Å². The predicted octanol–water partition coefficient (Wildman–Crippen LogP) is 1.98. The van der Waals surface area contributed by atoms with E-state index in [-0.39, 0.29) is 12.2 Å². The summed E-state index contributed by atoms with van der Waals surface area (Å²) < 4.78 is 26.7. The molecule has 1 aromatic carbocycles. The van der Waals surface area contributed by atoms with Crippen LogP contribution in [-0.2, 0) is 0 Å². The number of rotatable bonds is 3. The number of halogens is 2. The highest BCUT2D eigenvalue weighted by Gasteiger charge is 2.30. The summed E-state index contributed by atoms with van der Waals surface area (Å²) in [5.74, 6) is -1.35. The van der Waals surface area contributed by atoms with Gasteiger partial charge in [-0.1, -0.05) is 19.9 Å². The molecule has 0 amide bonds. The van der Waals surface area contributed by atoms with Crippen molar-refractivity contribution in [3.05, 3.63) is 35.4 Å². The SMILES string of the molecule is CC(C)(CO)[C@H](N)c1c(F)cccc1F. The molecule has 0 bridgehead atoms. The van der Waals surface area contributed by atoms with Crippen LogP contribution in [-0.4, -0.2) is 11.7 Å². The van der Waals surface area contributed by atoms with Gasteiger partial charge in [0.2, 0.25) is 0 Å². The molecule has 0 saturated carbocycles. The predicted molar refractivity (Wildman–Crippen MR) is 54.2 cm³/mol. The first kappa shape index (κ1) is 12.1. The van der Waals surface area contributed by atoms with Crippen molar-refractivity contribution >= 4 is 0 Å². The van der Waals surface area contributed by atoms with Crippen molar-refractivity contribution in [1.29, 1.82) is 0 Å². The second-order valence-corrected chi connectivity index (χ2v) is 4.26. The van der Waals surface area contributed by atoms with Gasteiger partial charge in [-0.25, -0.2) is 8.78 Å². The topological polar surface area (TPSA) is 46.2 Å². The quantitative estimate of drug-likeness (QED) is 0.809. The van der Waals surface area contributed by atoms with Crippen molar-refractivity contribution in [3.8, 4) is 0 Å². The van der Waals surface area contributed by atoms with Crippen LogP contribution < -0.4 is 5.73 Å². The summed E-state index contributed by atoms with van der Waals surface area (Å²) in [6.07, 6.45) is 0. The Morgan fingerprint density at radius 1 is 1.33 bits per heavy atom. The van der Waals surface area contributed by atoms with Gasteiger partial charge in [-0.15, -0.1) is 0 Å². The Morgan fingerprint density at radius 3 is 2.20 bits per heavy atom. The molecule has 0 heterocycles. The van der Waals surface area contributed by atoms with Crippen LogP contribution in [0.4, 0.5) is 8.78 Å². The lowest BCUT2D eigenvalue weighted by Crippen LogP contribution is -2.33. The van der Waals surface area contributed by atoms with E-state index in [9.17, 15) is 8.78 Å². The van der Waals surface area contributed by atoms with Crippen LogP contribution in [0.5, 0.6) is 0 Å². The minimum absolute atomic E-state index is 0.170. The molecule has 1 atom stereocenters. The first-order chi connectivity index (χ1) is 6.90. The lowest BCUT2D eigenvalue weighted by molar-refractivity contribution is 0.129. The van der Waals surface area contributed by atoms with Gasteiger partial charge < -0.3 is 10.8 Å². The van der Waals surface area contributed by atoms with E-state index < -0.39 is 23.1 Å². The first-order valence-corrected chi connectivity index (χ1v) is 4.70. The van der Waals surface area contributed by atoms with Crippen molar-refractivity contribution < 1.29 is 13.9 Å². The highest BCUT2D eigenvalue weighted by atomic mass is 19.1. The standard InChI is InChI=1S/C11H15F2NO/c1-11(2,6-15)10(14)9-7(12)4-3-5-8(9)13/h3-5,10,15H,6,14H2,1-2H3/t10-/m1/s1. The number of aliphatic hydroxyl groups excluding tert-OH is 1. The molecule has 0 saturated heterocycles. The van der Waals surface area contributed by atoms with Crippen molar-refractivity contribution in [2.75, 3.05) is 6.61 Å². The summed E-state index contributed by atoms with van der Waals surface area (Å²) in [6, 6.07) is 2.73.